The average Bonchev–Trinajstić information content (AvgIpc) is 2.55. The van der Waals surface area contributed by atoms with Gasteiger partial charge in [-0.3, -0.25) is 0 Å². The number of benzene rings is 1. The third-order valence-electron chi connectivity index (χ3n) is 4.05. The van der Waals surface area contributed by atoms with Crippen LogP contribution in [-0.2, 0) is 0 Å². The van der Waals surface area contributed by atoms with Crippen LogP contribution in [0.4, 0.5) is 16.2 Å². The number of halogens is 2. The van der Waals surface area contributed by atoms with E-state index in [4.69, 9.17) is 15.2 Å². The van der Waals surface area contributed by atoms with Crippen LogP contribution in [0.5, 0.6) is 11.5 Å². The summed E-state index contributed by atoms with van der Waals surface area (Å²) in [7, 11) is 2.83. The molecule has 1 saturated heterocycles. The van der Waals surface area contributed by atoms with Crippen molar-refractivity contribution in [2.24, 2.45) is 0 Å². The maximum atomic E-state index is 14.8. The number of nitrogens with two attached hydrogens (primary N) is 1. The maximum Gasteiger partial charge on any atom is 0.228 e. The number of fused-ring (bicyclic) bond motifs is 1. The van der Waals surface area contributed by atoms with Crippen molar-refractivity contribution in [2.45, 2.75) is 13.0 Å². The van der Waals surface area contributed by atoms with Crippen molar-refractivity contribution in [2.75, 3.05) is 44.5 Å². The minimum Gasteiger partial charge on any atom is -0.493 e. The molecule has 1 aliphatic heterocycles. The molecule has 3 rings (SSSR count). The molecule has 9 heteroatoms. The molecule has 2 heterocycles. The molecule has 3 N–H and O–H groups in total. The van der Waals surface area contributed by atoms with E-state index in [-0.39, 0.29) is 41.3 Å². The number of hydrogen-bond acceptors (Lipinski definition) is 7. The summed E-state index contributed by atoms with van der Waals surface area (Å²) in [5, 5.41) is 3.70. The number of rotatable bonds is 3. The van der Waals surface area contributed by atoms with Gasteiger partial charge in [-0.05, 0) is 13.0 Å². The van der Waals surface area contributed by atoms with Crippen LogP contribution in [0.1, 0.15) is 6.92 Å². The zero-order chi connectivity index (χ0) is 16.6. The van der Waals surface area contributed by atoms with E-state index < -0.39 is 5.82 Å². The van der Waals surface area contributed by atoms with E-state index in [1.54, 1.807) is 6.07 Å². The molecule has 1 fully saturated rings. The van der Waals surface area contributed by atoms with E-state index in [0.29, 0.717) is 11.3 Å². The molecule has 7 nitrogen and oxygen atoms in total. The third kappa shape index (κ3) is 2.99. The zero-order valence-electron chi connectivity index (χ0n) is 13.8. The first kappa shape index (κ1) is 18.3. The van der Waals surface area contributed by atoms with Gasteiger partial charge in [0.2, 0.25) is 5.95 Å². The highest BCUT2D eigenvalue weighted by Crippen LogP contribution is 2.37. The fourth-order valence-corrected chi connectivity index (χ4v) is 2.80. The molecule has 1 aromatic carbocycles. The molecule has 0 spiro atoms. The van der Waals surface area contributed by atoms with E-state index in [2.05, 4.69) is 22.2 Å². The van der Waals surface area contributed by atoms with Crippen LogP contribution in [0.25, 0.3) is 10.9 Å². The molecule has 0 aliphatic carbocycles. The van der Waals surface area contributed by atoms with Gasteiger partial charge in [0.05, 0.1) is 14.2 Å². The summed E-state index contributed by atoms with van der Waals surface area (Å²) in [6, 6.07) is 1.79. The fourth-order valence-electron chi connectivity index (χ4n) is 2.80. The summed E-state index contributed by atoms with van der Waals surface area (Å²) in [4.78, 5) is 10.8. The van der Waals surface area contributed by atoms with E-state index in [1.807, 2.05) is 4.90 Å². The van der Waals surface area contributed by atoms with Crippen LogP contribution >= 0.6 is 12.4 Å². The summed E-state index contributed by atoms with van der Waals surface area (Å²) in [6.45, 7) is 4.43. The standard InChI is InChI=1S/C15H20FN5O2.ClH/c1-8-7-18-4-5-21(8)15-19-12-9(14(17)20-15)6-10(22-2)13(23-3)11(12)16;/h6,8,18H,4-5,7H2,1-3H3,(H2,17,19,20);1H. The Morgan fingerprint density at radius 1 is 1.33 bits per heavy atom. The Hall–Kier alpha value is -2.06. The first-order chi connectivity index (χ1) is 11.1. The fraction of sp³-hybridized carbons (Fsp3) is 0.467. The summed E-state index contributed by atoms with van der Waals surface area (Å²) >= 11 is 0. The topological polar surface area (TPSA) is 85.5 Å². The van der Waals surface area contributed by atoms with Gasteiger partial charge in [-0.2, -0.15) is 4.98 Å². The van der Waals surface area contributed by atoms with Gasteiger partial charge >= 0.3 is 0 Å². The van der Waals surface area contributed by atoms with Crippen molar-refractivity contribution in [1.29, 1.82) is 0 Å². The quantitative estimate of drug-likeness (QED) is 0.862. The molecular weight excluding hydrogens is 337 g/mol. The summed E-state index contributed by atoms with van der Waals surface area (Å²) in [5.41, 5.74) is 6.17. The largest absolute Gasteiger partial charge is 0.493 e. The van der Waals surface area contributed by atoms with Gasteiger partial charge in [0.15, 0.2) is 17.3 Å². The molecule has 2 aromatic rings. The number of methoxy groups -OCH3 is 2. The van der Waals surface area contributed by atoms with E-state index in [0.717, 1.165) is 19.6 Å². The smallest absolute Gasteiger partial charge is 0.228 e. The Morgan fingerprint density at radius 2 is 2.08 bits per heavy atom. The predicted octanol–water partition coefficient (Wildman–Crippen LogP) is 1.59. The van der Waals surface area contributed by atoms with E-state index in [1.165, 1.54) is 14.2 Å². The van der Waals surface area contributed by atoms with Crippen molar-refractivity contribution in [3.63, 3.8) is 0 Å². The highest BCUT2D eigenvalue weighted by Gasteiger charge is 2.24. The number of nitrogens with zero attached hydrogens (tertiary/aromatic N) is 3. The number of anilines is 2. The maximum absolute atomic E-state index is 14.8. The van der Waals surface area contributed by atoms with Crippen LogP contribution in [0, 0.1) is 5.82 Å². The molecule has 1 unspecified atom stereocenters. The predicted molar refractivity (Wildman–Crippen MR) is 93.9 cm³/mol. The lowest BCUT2D eigenvalue weighted by Crippen LogP contribution is -2.50. The van der Waals surface area contributed by atoms with Crippen LogP contribution in [0.15, 0.2) is 6.07 Å². The van der Waals surface area contributed by atoms with Gasteiger partial charge in [-0.15, -0.1) is 12.4 Å². The zero-order valence-corrected chi connectivity index (χ0v) is 14.6. The minimum atomic E-state index is -0.597. The van der Waals surface area contributed by atoms with Crippen molar-refractivity contribution in [3.8, 4) is 11.5 Å². The molecule has 1 aromatic heterocycles. The van der Waals surface area contributed by atoms with Crippen molar-refractivity contribution in [1.82, 2.24) is 15.3 Å². The van der Waals surface area contributed by atoms with Crippen LogP contribution in [0.3, 0.4) is 0 Å². The Morgan fingerprint density at radius 3 is 2.71 bits per heavy atom. The molecule has 24 heavy (non-hydrogen) atoms. The summed E-state index contributed by atoms with van der Waals surface area (Å²) < 4.78 is 25.0. The second-order valence-corrected chi connectivity index (χ2v) is 5.48. The van der Waals surface area contributed by atoms with Gasteiger partial charge in [0.25, 0.3) is 0 Å². The third-order valence-corrected chi connectivity index (χ3v) is 4.05. The normalized spacial score (nSPS) is 17.5. The van der Waals surface area contributed by atoms with Crippen molar-refractivity contribution >= 4 is 35.1 Å². The number of ether oxygens (including phenoxy) is 2. The highest BCUT2D eigenvalue weighted by atomic mass is 35.5. The second kappa shape index (κ2) is 7.23. The second-order valence-electron chi connectivity index (χ2n) is 5.48. The Kier molecular flexibility index (Phi) is 5.51. The number of hydrogen-bond donors (Lipinski definition) is 2. The number of nitrogen functional groups attached to an aromatic ring is 1. The lowest BCUT2D eigenvalue weighted by Gasteiger charge is -2.34. The van der Waals surface area contributed by atoms with Gasteiger partial charge in [0, 0.05) is 31.1 Å². The number of piperazine rings is 1. The molecule has 0 radical (unpaired) electrons. The highest BCUT2D eigenvalue weighted by molar-refractivity contribution is 5.92. The molecule has 0 bridgehead atoms. The molecule has 132 valence electrons. The average molecular weight is 358 g/mol. The Bertz CT molecular complexity index is 746. The van der Waals surface area contributed by atoms with Gasteiger partial charge in [0.1, 0.15) is 11.3 Å². The first-order valence-electron chi connectivity index (χ1n) is 7.41. The van der Waals surface area contributed by atoms with Crippen LogP contribution < -0.4 is 25.4 Å². The van der Waals surface area contributed by atoms with Crippen molar-refractivity contribution < 1.29 is 13.9 Å². The first-order valence-corrected chi connectivity index (χ1v) is 7.41. The van der Waals surface area contributed by atoms with Crippen molar-refractivity contribution in [3.05, 3.63) is 11.9 Å². The lowest BCUT2D eigenvalue weighted by atomic mass is 10.2. The number of aromatic nitrogens is 2. The molecular formula is C15H21ClFN5O2. The van der Waals surface area contributed by atoms with Gasteiger partial charge in [-0.1, -0.05) is 0 Å². The molecule has 1 atom stereocenters. The molecule has 0 amide bonds. The number of nitrogens with one attached hydrogen (secondary N) is 1. The Balaban J connectivity index is 0.00000208. The van der Waals surface area contributed by atoms with Gasteiger partial charge in [-0.25, -0.2) is 9.37 Å². The Labute approximate surface area is 145 Å². The lowest BCUT2D eigenvalue weighted by molar-refractivity contribution is 0.339. The summed E-state index contributed by atoms with van der Waals surface area (Å²) in [5.74, 6) is 0.319. The minimum absolute atomic E-state index is 0. The monoisotopic (exact) mass is 357 g/mol. The SMILES string of the molecule is COc1cc2c(N)nc(N3CCNCC3C)nc2c(F)c1OC.Cl. The van der Waals surface area contributed by atoms with E-state index >= 15 is 0 Å². The summed E-state index contributed by atoms with van der Waals surface area (Å²) in [6.07, 6.45) is 0. The van der Waals surface area contributed by atoms with Gasteiger partial charge < -0.3 is 25.4 Å². The van der Waals surface area contributed by atoms with Crippen LogP contribution in [0.2, 0.25) is 0 Å². The van der Waals surface area contributed by atoms with Crippen LogP contribution in [-0.4, -0.2) is 49.9 Å². The molecule has 0 saturated carbocycles. The molecule has 1 aliphatic rings. The van der Waals surface area contributed by atoms with E-state index in [9.17, 15) is 4.39 Å².